The van der Waals surface area contributed by atoms with E-state index in [2.05, 4.69) is 20.9 Å². The van der Waals surface area contributed by atoms with Crippen molar-refractivity contribution in [3.8, 4) is 11.5 Å². The van der Waals surface area contributed by atoms with Crippen molar-refractivity contribution in [1.29, 1.82) is 0 Å². The molecule has 0 aliphatic carbocycles. The third-order valence-corrected chi connectivity index (χ3v) is 5.87. The first kappa shape index (κ1) is 22.8. The van der Waals surface area contributed by atoms with Crippen molar-refractivity contribution in [1.82, 2.24) is 4.90 Å². The molecular weight excluding hydrogens is 491 g/mol. The average Bonchev–Trinajstić information content (AvgIpc) is 3.03. The highest BCUT2D eigenvalue weighted by molar-refractivity contribution is 9.10. The van der Waals surface area contributed by atoms with E-state index < -0.39 is 12.6 Å². The third-order valence-electron chi connectivity index (χ3n) is 4.18. The van der Waals surface area contributed by atoms with Crippen LogP contribution in [0.1, 0.15) is 12.5 Å². The van der Waals surface area contributed by atoms with Crippen molar-refractivity contribution in [3.63, 3.8) is 0 Å². The number of methoxy groups -OCH3 is 1. The van der Waals surface area contributed by atoms with Crippen LogP contribution >= 0.6 is 27.7 Å². The SMILES string of the molecule is CCN1C(=O)/C(=C\c2cc(OC)c(OCC(=O)O)cc2Br)SC1=Nc1ccc(F)cc1. The van der Waals surface area contributed by atoms with Crippen LogP contribution in [0.15, 0.2) is 50.8 Å². The number of amidine groups is 1. The number of carboxylic acids is 1. The van der Waals surface area contributed by atoms with E-state index in [-0.39, 0.29) is 17.5 Å². The van der Waals surface area contributed by atoms with Crippen molar-refractivity contribution < 1.29 is 28.6 Å². The van der Waals surface area contributed by atoms with Crippen LogP contribution < -0.4 is 9.47 Å². The molecule has 10 heteroatoms. The predicted octanol–water partition coefficient (Wildman–Crippen LogP) is 4.68. The van der Waals surface area contributed by atoms with Gasteiger partial charge in [0.25, 0.3) is 5.91 Å². The minimum Gasteiger partial charge on any atom is -0.493 e. The van der Waals surface area contributed by atoms with E-state index in [9.17, 15) is 14.0 Å². The van der Waals surface area contributed by atoms with Crippen LogP contribution in [0.2, 0.25) is 0 Å². The maximum Gasteiger partial charge on any atom is 0.341 e. The van der Waals surface area contributed by atoms with Gasteiger partial charge in [-0.15, -0.1) is 0 Å². The topological polar surface area (TPSA) is 88.4 Å². The fraction of sp³-hybridized carbons (Fsp3) is 0.190. The third kappa shape index (κ3) is 5.45. The number of aliphatic imine (C=N–C) groups is 1. The highest BCUT2D eigenvalue weighted by atomic mass is 79.9. The van der Waals surface area contributed by atoms with Gasteiger partial charge in [-0.3, -0.25) is 9.69 Å². The van der Waals surface area contributed by atoms with Gasteiger partial charge in [0.2, 0.25) is 0 Å². The van der Waals surface area contributed by atoms with E-state index in [0.717, 1.165) is 0 Å². The zero-order valence-corrected chi connectivity index (χ0v) is 19.0. The van der Waals surface area contributed by atoms with Gasteiger partial charge in [0.05, 0.1) is 17.7 Å². The number of halogens is 2. The summed E-state index contributed by atoms with van der Waals surface area (Å²) in [5, 5.41) is 9.31. The molecule has 1 aliphatic heterocycles. The lowest BCUT2D eigenvalue weighted by atomic mass is 10.2. The molecule has 0 spiro atoms. The van der Waals surface area contributed by atoms with E-state index in [1.165, 1.54) is 35.9 Å². The molecule has 31 heavy (non-hydrogen) atoms. The number of hydrogen-bond acceptors (Lipinski definition) is 6. The standard InChI is InChI=1S/C21H18BrFN2O5S/c1-3-25-20(28)18(31-21(25)24-14-6-4-13(23)5-7-14)9-12-8-16(29-2)17(10-15(12)22)30-11-19(26)27/h4-10H,3,11H2,1-2H3,(H,26,27)/b18-9+,24-21?. The summed E-state index contributed by atoms with van der Waals surface area (Å²) in [6, 6.07) is 8.94. The lowest BCUT2D eigenvalue weighted by Gasteiger charge is -2.12. The maximum atomic E-state index is 13.1. The van der Waals surface area contributed by atoms with E-state index in [4.69, 9.17) is 14.6 Å². The smallest absolute Gasteiger partial charge is 0.341 e. The van der Waals surface area contributed by atoms with Crippen LogP contribution in [0.5, 0.6) is 11.5 Å². The molecule has 2 aromatic carbocycles. The van der Waals surface area contributed by atoms with Gasteiger partial charge in [-0.25, -0.2) is 14.2 Å². The van der Waals surface area contributed by atoms with Gasteiger partial charge in [0.1, 0.15) is 5.82 Å². The summed E-state index contributed by atoms with van der Waals surface area (Å²) < 4.78 is 24.3. The molecule has 2 aromatic rings. The molecule has 1 N–H and O–H groups in total. The zero-order valence-electron chi connectivity index (χ0n) is 16.6. The van der Waals surface area contributed by atoms with E-state index in [1.54, 1.807) is 30.3 Å². The highest BCUT2D eigenvalue weighted by Gasteiger charge is 2.32. The van der Waals surface area contributed by atoms with Crippen molar-refractivity contribution in [2.75, 3.05) is 20.3 Å². The number of carboxylic acid groups (broad SMARTS) is 1. The Hall–Kier alpha value is -2.85. The number of likely N-dealkylation sites (N-methyl/N-ethyl adjacent to an activating group) is 1. The molecule has 1 aliphatic rings. The number of ether oxygens (including phenoxy) is 2. The lowest BCUT2D eigenvalue weighted by molar-refractivity contribution is -0.139. The van der Waals surface area contributed by atoms with Crippen molar-refractivity contribution in [2.45, 2.75) is 6.92 Å². The number of thioether (sulfide) groups is 1. The fourth-order valence-electron chi connectivity index (χ4n) is 2.71. The van der Waals surface area contributed by atoms with Crippen LogP contribution in [0, 0.1) is 5.82 Å². The number of carbonyl (C=O) groups is 2. The molecule has 0 unspecified atom stereocenters. The molecule has 7 nitrogen and oxygen atoms in total. The summed E-state index contributed by atoms with van der Waals surface area (Å²) in [7, 11) is 1.44. The van der Waals surface area contributed by atoms with E-state index in [0.29, 0.717) is 38.1 Å². The van der Waals surface area contributed by atoms with Crippen LogP contribution in [0.4, 0.5) is 10.1 Å². The van der Waals surface area contributed by atoms with Crippen LogP contribution in [0.3, 0.4) is 0 Å². The molecule has 0 saturated carbocycles. The van der Waals surface area contributed by atoms with Crippen molar-refractivity contribution in [2.24, 2.45) is 4.99 Å². The second kappa shape index (κ2) is 9.97. The second-order valence-corrected chi connectivity index (χ2v) is 8.10. The number of nitrogens with zero attached hydrogens (tertiary/aromatic N) is 2. The first-order valence-corrected chi connectivity index (χ1v) is 10.7. The number of carbonyl (C=O) groups excluding carboxylic acids is 1. The van der Waals surface area contributed by atoms with E-state index in [1.807, 2.05) is 6.92 Å². The Kier molecular flexibility index (Phi) is 7.34. The molecule has 1 heterocycles. The number of aliphatic carboxylic acids is 1. The molecule has 0 bridgehead atoms. The molecule has 1 amide bonds. The molecule has 0 aromatic heterocycles. The van der Waals surface area contributed by atoms with Gasteiger partial charge < -0.3 is 14.6 Å². The van der Waals surface area contributed by atoms with Gasteiger partial charge in [-0.2, -0.15) is 0 Å². The highest BCUT2D eigenvalue weighted by Crippen LogP contribution is 2.38. The minimum atomic E-state index is -1.11. The van der Waals surface area contributed by atoms with Gasteiger partial charge >= 0.3 is 5.97 Å². The van der Waals surface area contributed by atoms with Crippen LogP contribution in [-0.2, 0) is 9.59 Å². The molecule has 162 valence electrons. The summed E-state index contributed by atoms with van der Waals surface area (Å²) in [6.07, 6.45) is 1.69. The van der Waals surface area contributed by atoms with Gasteiger partial charge in [0, 0.05) is 11.0 Å². The second-order valence-electron chi connectivity index (χ2n) is 6.24. The predicted molar refractivity (Wildman–Crippen MR) is 120 cm³/mol. The first-order chi connectivity index (χ1) is 14.8. The Balaban J connectivity index is 1.93. The largest absolute Gasteiger partial charge is 0.493 e. The van der Waals surface area contributed by atoms with Gasteiger partial charge in [-0.1, -0.05) is 15.9 Å². The fourth-order valence-corrected chi connectivity index (χ4v) is 4.20. The molecule has 1 fully saturated rings. The van der Waals surface area contributed by atoms with Crippen molar-refractivity contribution >= 4 is 56.5 Å². The summed E-state index contributed by atoms with van der Waals surface area (Å²) >= 11 is 4.63. The molecular formula is C21H18BrFN2O5S. The first-order valence-electron chi connectivity index (χ1n) is 9.10. The maximum absolute atomic E-state index is 13.1. The molecule has 0 atom stereocenters. The Bertz CT molecular complexity index is 1070. The monoisotopic (exact) mass is 508 g/mol. The Labute approximate surface area is 190 Å². The zero-order chi connectivity index (χ0) is 22.5. The minimum absolute atomic E-state index is 0.203. The Morgan fingerprint density at radius 1 is 1.29 bits per heavy atom. The lowest BCUT2D eigenvalue weighted by Crippen LogP contribution is -2.28. The number of hydrogen-bond donors (Lipinski definition) is 1. The van der Waals surface area contributed by atoms with Crippen molar-refractivity contribution in [3.05, 3.63) is 57.2 Å². The Morgan fingerprint density at radius 2 is 2.00 bits per heavy atom. The van der Waals surface area contributed by atoms with Crippen LogP contribution in [0.25, 0.3) is 6.08 Å². The molecule has 0 radical (unpaired) electrons. The summed E-state index contributed by atoms with van der Waals surface area (Å²) in [5.74, 6) is -1.07. The summed E-state index contributed by atoms with van der Waals surface area (Å²) in [4.78, 5) is 30.1. The molecule has 3 rings (SSSR count). The quantitative estimate of drug-likeness (QED) is 0.546. The van der Waals surface area contributed by atoms with Gasteiger partial charge in [-0.05, 0) is 66.7 Å². The summed E-state index contributed by atoms with van der Waals surface area (Å²) in [5.41, 5.74) is 1.19. The number of rotatable bonds is 7. The number of amides is 1. The van der Waals surface area contributed by atoms with Crippen LogP contribution in [-0.4, -0.2) is 47.3 Å². The average molecular weight is 509 g/mol. The summed E-state index contributed by atoms with van der Waals surface area (Å²) in [6.45, 7) is 1.76. The number of benzene rings is 2. The van der Waals surface area contributed by atoms with E-state index >= 15 is 0 Å². The molecule has 1 saturated heterocycles. The van der Waals surface area contributed by atoms with Gasteiger partial charge in [0.15, 0.2) is 23.3 Å². The normalized spacial score (nSPS) is 16.3. The Morgan fingerprint density at radius 3 is 2.61 bits per heavy atom.